The number of ether oxygens (including phenoxy) is 1. The highest BCUT2D eigenvalue weighted by molar-refractivity contribution is 5.46. The molecule has 1 aromatic carbocycles. The zero-order chi connectivity index (χ0) is 13.8. The molecule has 0 unspecified atom stereocenters. The van der Waals surface area contributed by atoms with Crippen LogP contribution in [0.25, 0.3) is 0 Å². The maximum atomic E-state index is 10.7. The summed E-state index contributed by atoms with van der Waals surface area (Å²) in [6, 6.07) is 7.69. The van der Waals surface area contributed by atoms with Crippen LogP contribution in [0, 0.1) is 28.4 Å². The lowest BCUT2D eigenvalue weighted by Crippen LogP contribution is -1.95. The lowest BCUT2D eigenvalue weighted by atomic mass is 10.2. The fourth-order valence-electron chi connectivity index (χ4n) is 1.49. The van der Waals surface area contributed by atoms with E-state index in [-0.39, 0.29) is 17.1 Å². The molecule has 1 aromatic heterocycles. The van der Waals surface area contributed by atoms with Crippen LogP contribution in [-0.2, 0) is 0 Å². The molecule has 7 nitrogen and oxygen atoms in total. The van der Waals surface area contributed by atoms with E-state index in [0.29, 0.717) is 11.3 Å². The van der Waals surface area contributed by atoms with E-state index in [4.69, 9.17) is 10.00 Å². The smallest absolute Gasteiger partial charge is 0.272 e. The molecule has 0 N–H and O–H groups in total. The number of hydrogen-bond donors (Lipinski definition) is 0. The van der Waals surface area contributed by atoms with E-state index < -0.39 is 4.92 Å². The fourth-order valence-corrected chi connectivity index (χ4v) is 1.49. The summed E-state index contributed by atoms with van der Waals surface area (Å²) < 4.78 is 5.40. The molecule has 7 heteroatoms. The number of hydrogen-bond acceptors (Lipinski definition) is 6. The summed E-state index contributed by atoms with van der Waals surface area (Å²) >= 11 is 0. The van der Waals surface area contributed by atoms with Gasteiger partial charge in [0.25, 0.3) is 11.6 Å². The predicted octanol–water partition coefficient (Wildman–Crippen LogP) is 2.36. The van der Waals surface area contributed by atoms with E-state index in [1.54, 1.807) is 6.92 Å². The number of nitriles is 1. The van der Waals surface area contributed by atoms with Gasteiger partial charge >= 0.3 is 0 Å². The van der Waals surface area contributed by atoms with Crippen LogP contribution >= 0.6 is 0 Å². The Kier molecular flexibility index (Phi) is 3.34. The molecule has 0 spiro atoms. The summed E-state index contributed by atoms with van der Waals surface area (Å²) in [6.07, 6.45) is 1.38. The molecule has 19 heavy (non-hydrogen) atoms. The van der Waals surface area contributed by atoms with Crippen molar-refractivity contribution in [2.45, 2.75) is 6.92 Å². The molecular formula is C12H8N4O3. The van der Waals surface area contributed by atoms with Crippen molar-refractivity contribution in [3.8, 4) is 17.7 Å². The SMILES string of the molecule is Cc1cc(Oc2nnccc2C#N)ccc1[N+](=O)[O-]. The summed E-state index contributed by atoms with van der Waals surface area (Å²) in [5.74, 6) is 0.429. The second-order valence-electron chi connectivity index (χ2n) is 3.67. The van der Waals surface area contributed by atoms with Gasteiger partial charge in [0.2, 0.25) is 0 Å². The molecular weight excluding hydrogens is 248 g/mol. The molecule has 0 saturated carbocycles. The molecule has 0 aliphatic rings. The van der Waals surface area contributed by atoms with Gasteiger partial charge in [-0.1, -0.05) is 0 Å². The van der Waals surface area contributed by atoms with Crippen molar-refractivity contribution in [1.82, 2.24) is 10.2 Å². The topological polar surface area (TPSA) is 102 Å². The van der Waals surface area contributed by atoms with Gasteiger partial charge in [0.15, 0.2) is 0 Å². The lowest BCUT2D eigenvalue weighted by Gasteiger charge is -2.06. The first kappa shape index (κ1) is 12.4. The van der Waals surface area contributed by atoms with Gasteiger partial charge in [0.05, 0.1) is 11.1 Å². The van der Waals surface area contributed by atoms with E-state index in [9.17, 15) is 10.1 Å². The van der Waals surface area contributed by atoms with Gasteiger partial charge in [-0.2, -0.15) is 10.4 Å². The van der Waals surface area contributed by atoms with Crippen molar-refractivity contribution in [2.24, 2.45) is 0 Å². The Morgan fingerprint density at radius 2 is 2.21 bits per heavy atom. The number of benzene rings is 1. The highest BCUT2D eigenvalue weighted by Crippen LogP contribution is 2.27. The first-order valence-electron chi connectivity index (χ1n) is 5.26. The van der Waals surface area contributed by atoms with E-state index in [1.807, 2.05) is 6.07 Å². The van der Waals surface area contributed by atoms with Crippen LogP contribution in [0.15, 0.2) is 30.5 Å². The first-order valence-corrected chi connectivity index (χ1v) is 5.26. The van der Waals surface area contributed by atoms with Gasteiger partial charge in [0, 0.05) is 11.6 Å². The molecule has 1 heterocycles. The van der Waals surface area contributed by atoms with E-state index in [2.05, 4.69) is 10.2 Å². The van der Waals surface area contributed by atoms with Crippen molar-refractivity contribution in [3.05, 3.63) is 51.7 Å². The molecule has 0 saturated heterocycles. The van der Waals surface area contributed by atoms with Crippen LogP contribution in [0.4, 0.5) is 5.69 Å². The Morgan fingerprint density at radius 1 is 1.42 bits per heavy atom. The lowest BCUT2D eigenvalue weighted by molar-refractivity contribution is -0.385. The van der Waals surface area contributed by atoms with Crippen LogP contribution < -0.4 is 4.74 Å². The minimum atomic E-state index is -0.470. The molecule has 0 amide bonds. The molecule has 0 aliphatic carbocycles. The number of rotatable bonds is 3. The number of aromatic nitrogens is 2. The Morgan fingerprint density at radius 3 is 2.84 bits per heavy atom. The number of nitro benzene ring substituents is 1. The van der Waals surface area contributed by atoms with Crippen molar-refractivity contribution >= 4 is 5.69 Å². The van der Waals surface area contributed by atoms with Gasteiger partial charge in [-0.3, -0.25) is 10.1 Å². The van der Waals surface area contributed by atoms with Gasteiger partial charge < -0.3 is 4.74 Å². The second-order valence-corrected chi connectivity index (χ2v) is 3.67. The van der Waals surface area contributed by atoms with E-state index >= 15 is 0 Å². The third-order valence-electron chi connectivity index (χ3n) is 2.39. The quantitative estimate of drug-likeness (QED) is 0.617. The van der Waals surface area contributed by atoms with Gasteiger partial charge in [0.1, 0.15) is 17.4 Å². The van der Waals surface area contributed by atoms with Crippen molar-refractivity contribution in [3.63, 3.8) is 0 Å². The van der Waals surface area contributed by atoms with Crippen LogP contribution in [0.2, 0.25) is 0 Å². The van der Waals surface area contributed by atoms with Crippen molar-refractivity contribution in [2.75, 3.05) is 0 Å². The van der Waals surface area contributed by atoms with Gasteiger partial charge in [-0.25, -0.2) is 0 Å². The number of nitro groups is 1. The highest BCUT2D eigenvalue weighted by Gasteiger charge is 2.12. The maximum Gasteiger partial charge on any atom is 0.272 e. The number of nitrogens with zero attached hydrogens (tertiary/aromatic N) is 4. The standard InChI is InChI=1S/C12H8N4O3/c1-8-6-10(2-3-11(8)16(17)18)19-12-9(7-13)4-5-14-15-12/h2-6H,1H3. The molecule has 0 aliphatic heterocycles. The van der Waals surface area contributed by atoms with Crippen LogP contribution in [0.3, 0.4) is 0 Å². The summed E-state index contributed by atoms with van der Waals surface area (Å²) in [4.78, 5) is 10.2. The second kappa shape index (κ2) is 5.10. The van der Waals surface area contributed by atoms with Gasteiger partial charge in [-0.05, 0) is 25.1 Å². The van der Waals surface area contributed by atoms with E-state index in [1.165, 1.54) is 30.5 Å². The van der Waals surface area contributed by atoms with E-state index in [0.717, 1.165) is 0 Å². The summed E-state index contributed by atoms with van der Waals surface area (Å²) in [5.41, 5.74) is 0.711. The Hall–Kier alpha value is -3.01. The molecule has 0 bridgehead atoms. The molecule has 2 rings (SSSR count). The molecule has 0 fully saturated rings. The largest absolute Gasteiger partial charge is 0.437 e. The average Bonchev–Trinajstić information content (AvgIpc) is 2.39. The monoisotopic (exact) mass is 256 g/mol. The Bertz CT molecular complexity index is 679. The average molecular weight is 256 g/mol. The van der Waals surface area contributed by atoms with Crippen LogP contribution in [0.5, 0.6) is 11.6 Å². The summed E-state index contributed by atoms with van der Waals surface area (Å²) in [7, 11) is 0. The predicted molar refractivity (Wildman–Crippen MR) is 64.7 cm³/mol. The maximum absolute atomic E-state index is 10.7. The fraction of sp³-hybridized carbons (Fsp3) is 0.0833. The van der Waals surface area contributed by atoms with Gasteiger partial charge in [-0.15, -0.1) is 5.10 Å². The third-order valence-corrected chi connectivity index (χ3v) is 2.39. The molecule has 0 radical (unpaired) electrons. The molecule has 94 valence electrons. The minimum absolute atomic E-state index is 0.00648. The molecule has 2 aromatic rings. The highest BCUT2D eigenvalue weighted by atomic mass is 16.6. The Balaban J connectivity index is 2.32. The third kappa shape index (κ3) is 2.63. The van der Waals surface area contributed by atoms with Crippen molar-refractivity contribution < 1.29 is 9.66 Å². The minimum Gasteiger partial charge on any atom is -0.437 e. The number of aryl methyl sites for hydroxylation is 1. The first-order chi connectivity index (χ1) is 9.11. The normalized spacial score (nSPS) is 9.68. The summed E-state index contributed by atoms with van der Waals surface area (Å²) in [5, 5.41) is 26.9. The van der Waals surface area contributed by atoms with Crippen LogP contribution in [0.1, 0.15) is 11.1 Å². The summed E-state index contributed by atoms with van der Waals surface area (Å²) in [6.45, 7) is 1.60. The van der Waals surface area contributed by atoms with Crippen molar-refractivity contribution in [1.29, 1.82) is 5.26 Å². The Labute approximate surface area is 108 Å². The zero-order valence-corrected chi connectivity index (χ0v) is 9.90. The molecule has 0 atom stereocenters. The zero-order valence-electron chi connectivity index (χ0n) is 9.90. The van der Waals surface area contributed by atoms with Crippen LogP contribution in [-0.4, -0.2) is 15.1 Å².